The van der Waals surface area contributed by atoms with E-state index in [1.165, 1.54) is 16.2 Å². The summed E-state index contributed by atoms with van der Waals surface area (Å²) in [6.45, 7) is 3.73. The van der Waals surface area contributed by atoms with Crippen molar-refractivity contribution in [3.05, 3.63) is 16.0 Å². The van der Waals surface area contributed by atoms with Crippen molar-refractivity contribution in [2.45, 2.75) is 13.8 Å². The van der Waals surface area contributed by atoms with E-state index < -0.39 is 21.8 Å². The number of thiophene rings is 1. The molecule has 2 N–H and O–H groups in total. The molecule has 1 aliphatic heterocycles. The van der Waals surface area contributed by atoms with Crippen LogP contribution in [-0.4, -0.2) is 55.0 Å². The first kappa shape index (κ1) is 15.8. The first-order chi connectivity index (χ1) is 9.71. The number of urea groups is 1. The van der Waals surface area contributed by atoms with Gasteiger partial charge >= 0.3 is 12.0 Å². The van der Waals surface area contributed by atoms with E-state index in [4.69, 9.17) is 0 Å². The van der Waals surface area contributed by atoms with Crippen LogP contribution in [0.3, 0.4) is 0 Å². The Morgan fingerprint density at radius 3 is 2.33 bits per heavy atom. The third-order valence-corrected chi connectivity index (χ3v) is 6.18. The number of hydrogen-bond donors (Lipinski definition) is 2. The fraction of sp³-hybridized carbons (Fsp3) is 0.500. The van der Waals surface area contributed by atoms with Gasteiger partial charge < -0.3 is 10.0 Å². The molecule has 7 nitrogen and oxygen atoms in total. The van der Waals surface area contributed by atoms with Crippen molar-refractivity contribution in [1.82, 2.24) is 4.90 Å². The van der Waals surface area contributed by atoms with Crippen LogP contribution in [0.4, 0.5) is 9.80 Å². The van der Waals surface area contributed by atoms with Crippen molar-refractivity contribution < 1.29 is 23.1 Å². The van der Waals surface area contributed by atoms with Gasteiger partial charge in [0.2, 0.25) is 0 Å². The third-order valence-electron chi connectivity index (χ3n) is 3.45. The molecule has 1 aromatic rings. The summed E-state index contributed by atoms with van der Waals surface area (Å²) in [5.41, 5.74) is 0.722. The molecule has 2 heterocycles. The molecule has 1 fully saturated rings. The van der Waals surface area contributed by atoms with E-state index in [1.807, 2.05) is 0 Å². The van der Waals surface area contributed by atoms with Crippen molar-refractivity contribution in [2.75, 3.05) is 29.9 Å². The molecule has 0 aliphatic carbocycles. The monoisotopic (exact) mass is 332 g/mol. The number of nitrogens with zero attached hydrogens (tertiary/aromatic N) is 1. The van der Waals surface area contributed by atoms with Gasteiger partial charge in [-0.1, -0.05) is 0 Å². The minimum absolute atomic E-state index is 0.0608. The summed E-state index contributed by atoms with van der Waals surface area (Å²) in [7, 11) is -3.06. The fourth-order valence-corrected chi connectivity index (χ4v) is 4.31. The van der Waals surface area contributed by atoms with Crippen LogP contribution >= 0.6 is 11.3 Å². The maximum Gasteiger partial charge on any atom is 0.338 e. The Kier molecular flexibility index (Phi) is 4.24. The third kappa shape index (κ3) is 3.35. The highest BCUT2D eigenvalue weighted by Crippen LogP contribution is 2.32. The summed E-state index contributed by atoms with van der Waals surface area (Å²) in [6.07, 6.45) is 0. The zero-order chi connectivity index (χ0) is 15.8. The molecule has 1 saturated heterocycles. The Balaban J connectivity index is 2.14. The molecule has 2 rings (SSSR count). The molecule has 0 bridgehead atoms. The van der Waals surface area contributed by atoms with E-state index in [1.54, 1.807) is 13.8 Å². The summed E-state index contributed by atoms with van der Waals surface area (Å²) >= 11 is 1.20. The normalized spacial score (nSPS) is 17.5. The molecule has 9 heteroatoms. The van der Waals surface area contributed by atoms with E-state index >= 15 is 0 Å². The van der Waals surface area contributed by atoms with Crippen molar-refractivity contribution in [2.24, 2.45) is 0 Å². The Labute approximate surface area is 126 Å². The Morgan fingerprint density at radius 1 is 1.24 bits per heavy atom. The van der Waals surface area contributed by atoms with Crippen LogP contribution in [0, 0.1) is 13.8 Å². The van der Waals surface area contributed by atoms with Gasteiger partial charge in [0.25, 0.3) is 0 Å². The second-order valence-electron chi connectivity index (χ2n) is 4.86. The van der Waals surface area contributed by atoms with Crippen LogP contribution < -0.4 is 5.32 Å². The van der Waals surface area contributed by atoms with Gasteiger partial charge in [0.15, 0.2) is 9.84 Å². The number of amides is 2. The van der Waals surface area contributed by atoms with E-state index in [9.17, 15) is 23.1 Å². The highest BCUT2D eigenvalue weighted by molar-refractivity contribution is 7.91. The van der Waals surface area contributed by atoms with E-state index in [2.05, 4.69) is 5.32 Å². The van der Waals surface area contributed by atoms with Crippen LogP contribution in [0.5, 0.6) is 0 Å². The van der Waals surface area contributed by atoms with Gasteiger partial charge in [0, 0.05) is 18.0 Å². The van der Waals surface area contributed by atoms with Crippen molar-refractivity contribution >= 4 is 38.2 Å². The molecular weight excluding hydrogens is 316 g/mol. The molecule has 0 aromatic carbocycles. The number of anilines is 1. The maximum absolute atomic E-state index is 12.1. The lowest BCUT2D eigenvalue weighted by Crippen LogP contribution is -2.45. The smallest absolute Gasteiger partial charge is 0.338 e. The van der Waals surface area contributed by atoms with Crippen LogP contribution in [0.25, 0.3) is 0 Å². The number of nitrogens with one attached hydrogen (secondary N) is 1. The lowest BCUT2D eigenvalue weighted by Gasteiger charge is -2.26. The molecular formula is C12H16N2O5S2. The number of aromatic carboxylic acids is 1. The molecule has 2 amide bonds. The molecule has 116 valence electrons. The Morgan fingerprint density at radius 2 is 1.81 bits per heavy atom. The number of sulfone groups is 1. The van der Waals surface area contributed by atoms with Gasteiger partial charge in [-0.05, 0) is 19.4 Å². The van der Waals surface area contributed by atoms with Crippen LogP contribution in [-0.2, 0) is 9.84 Å². The fourth-order valence-electron chi connectivity index (χ4n) is 2.06. The topological polar surface area (TPSA) is 104 Å². The number of aryl methyl sites for hydroxylation is 1. The predicted octanol–water partition coefficient (Wildman–Crippen LogP) is 1.33. The number of carboxylic acids is 1. The van der Waals surface area contributed by atoms with Crippen molar-refractivity contribution in [3.8, 4) is 0 Å². The summed E-state index contributed by atoms with van der Waals surface area (Å²) in [5, 5.41) is 12.1. The van der Waals surface area contributed by atoms with Gasteiger partial charge in [-0.3, -0.25) is 5.32 Å². The van der Waals surface area contributed by atoms with Crippen molar-refractivity contribution in [3.63, 3.8) is 0 Å². The zero-order valence-electron chi connectivity index (χ0n) is 11.7. The lowest BCUT2D eigenvalue weighted by atomic mass is 10.1. The van der Waals surface area contributed by atoms with Crippen LogP contribution in [0.1, 0.15) is 20.8 Å². The van der Waals surface area contributed by atoms with E-state index in [0.717, 1.165) is 4.88 Å². The van der Waals surface area contributed by atoms with Gasteiger partial charge in [-0.2, -0.15) is 0 Å². The van der Waals surface area contributed by atoms with Gasteiger partial charge in [-0.15, -0.1) is 11.3 Å². The van der Waals surface area contributed by atoms with Gasteiger partial charge in [-0.25, -0.2) is 18.0 Å². The lowest BCUT2D eigenvalue weighted by molar-refractivity contribution is 0.0697. The standard InChI is InChI=1S/C12H16N2O5S2/c1-7-8(2)20-10(9(7)11(15)16)13-12(17)14-3-5-21(18,19)6-4-14/h3-6H2,1-2H3,(H,13,17)(H,15,16). The van der Waals surface area contributed by atoms with E-state index in [-0.39, 0.29) is 35.2 Å². The number of carbonyl (C=O) groups is 2. The predicted molar refractivity (Wildman–Crippen MR) is 80.0 cm³/mol. The molecule has 0 spiro atoms. The second-order valence-corrected chi connectivity index (χ2v) is 8.39. The average molecular weight is 332 g/mol. The quantitative estimate of drug-likeness (QED) is 0.850. The minimum Gasteiger partial charge on any atom is -0.478 e. The largest absolute Gasteiger partial charge is 0.478 e. The number of hydrogen-bond acceptors (Lipinski definition) is 5. The summed E-state index contributed by atoms with van der Waals surface area (Å²) < 4.78 is 22.7. The number of carbonyl (C=O) groups excluding carboxylic acids is 1. The van der Waals surface area contributed by atoms with Gasteiger partial charge in [0.1, 0.15) is 5.00 Å². The average Bonchev–Trinajstić information content (AvgIpc) is 2.64. The van der Waals surface area contributed by atoms with Crippen LogP contribution in [0.2, 0.25) is 0 Å². The first-order valence-corrected chi connectivity index (χ1v) is 8.94. The minimum atomic E-state index is -3.06. The zero-order valence-corrected chi connectivity index (χ0v) is 13.3. The maximum atomic E-state index is 12.1. The summed E-state index contributed by atoms with van der Waals surface area (Å²) in [6, 6.07) is -0.464. The Bertz CT molecular complexity index is 679. The molecule has 1 aromatic heterocycles. The summed E-state index contributed by atoms with van der Waals surface area (Å²) in [4.78, 5) is 25.6. The molecule has 0 saturated carbocycles. The van der Waals surface area contributed by atoms with Crippen molar-refractivity contribution in [1.29, 1.82) is 0 Å². The SMILES string of the molecule is Cc1sc(NC(=O)N2CCS(=O)(=O)CC2)c(C(=O)O)c1C. The highest BCUT2D eigenvalue weighted by Gasteiger charge is 2.27. The van der Waals surface area contributed by atoms with Crippen LogP contribution in [0.15, 0.2) is 0 Å². The van der Waals surface area contributed by atoms with Gasteiger partial charge in [0.05, 0.1) is 17.1 Å². The number of rotatable bonds is 2. The summed E-state index contributed by atoms with van der Waals surface area (Å²) in [5.74, 6) is -1.21. The molecule has 0 radical (unpaired) electrons. The second kappa shape index (κ2) is 5.64. The highest BCUT2D eigenvalue weighted by atomic mass is 32.2. The Hall–Kier alpha value is -1.61. The number of carboxylic acid groups (broad SMARTS) is 1. The van der Waals surface area contributed by atoms with E-state index in [0.29, 0.717) is 5.56 Å². The molecule has 0 atom stereocenters. The first-order valence-electron chi connectivity index (χ1n) is 6.31. The molecule has 21 heavy (non-hydrogen) atoms. The molecule has 0 unspecified atom stereocenters. The molecule has 1 aliphatic rings.